The lowest BCUT2D eigenvalue weighted by molar-refractivity contribution is -0.120. The number of carbonyl (C=O) groups excluding carboxylic acids is 3. The predicted molar refractivity (Wildman–Crippen MR) is 72.3 cm³/mol. The van der Waals surface area contributed by atoms with Gasteiger partial charge in [-0.15, -0.1) is 0 Å². The number of nitrogens with zero attached hydrogens (tertiary/aromatic N) is 1. The van der Waals surface area contributed by atoms with Crippen molar-refractivity contribution in [3.8, 4) is 0 Å². The van der Waals surface area contributed by atoms with E-state index in [4.69, 9.17) is 0 Å². The molecule has 6 nitrogen and oxygen atoms in total. The second kappa shape index (κ2) is 4.96. The van der Waals surface area contributed by atoms with Crippen molar-refractivity contribution in [2.75, 3.05) is 25.0 Å². The number of carbonyl (C=O) groups is 3. The highest BCUT2D eigenvalue weighted by Crippen LogP contribution is 2.24. The largest absolute Gasteiger partial charge is 0.354 e. The van der Waals surface area contributed by atoms with Crippen LogP contribution >= 0.6 is 0 Å². The monoisotopic (exact) mass is 273 g/mol. The molecular weight excluding hydrogens is 258 g/mol. The summed E-state index contributed by atoms with van der Waals surface area (Å²) in [6, 6.07) is 5.26. The first-order valence-corrected chi connectivity index (χ1v) is 6.62. The second-order valence-electron chi connectivity index (χ2n) is 4.99. The molecule has 2 aliphatic rings. The van der Waals surface area contributed by atoms with E-state index in [-0.39, 0.29) is 17.7 Å². The fourth-order valence-corrected chi connectivity index (χ4v) is 2.50. The molecule has 6 heteroatoms. The molecule has 0 aromatic heterocycles. The Bertz CT molecular complexity index is 597. The summed E-state index contributed by atoms with van der Waals surface area (Å²) in [7, 11) is 0. The third-order valence-electron chi connectivity index (χ3n) is 3.58. The van der Waals surface area contributed by atoms with Gasteiger partial charge in [0.2, 0.25) is 11.8 Å². The summed E-state index contributed by atoms with van der Waals surface area (Å²) < 4.78 is 0. The van der Waals surface area contributed by atoms with E-state index in [2.05, 4.69) is 10.6 Å². The molecule has 3 rings (SSSR count). The minimum atomic E-state index is -0.106. The van der Waals surface area contributed by atoms with Crippen LogP contribution in [-0.2, 0) is 16.0 Å². The highest BCUT2D eigenvalue weighted by molar-refractivity contribution is 6.02. The van der Waals surface area contributed by atoms with Gasteiger partial charge in [0.05, 0.1) is 6.42 Å². The molecule has 1 aromatic carbocycles. The zero-order valence-corrected chi connectivity index (χ0v) is 10.9. The zero-order valence-electron chi connectivity index (χ0n) is 10.9. The standard InChI is InChI=1S/C14H15N3O3/c18-12-3-5-17(6-4-15-12)14(20)10-2-1-9-8-13(19)16-11(9)7-10/h1-2,7H,3-6,8H2,(H,15,18)(H,16,19). The minimum absolute atomic E-state index is 0.0264. The second-order valence-corrected chi connectivity index (χ2v) is 4.99. The van der Waals surface area contributed by atoms with Crippen molar-refractivity contribution in [2.45, 2.75) is 12.8 Å². The van der Waals surface area contributed by atoms with E-state index < -0.39 is 0 Å². The average molecular weight is 273 g/mol. The van der Waals surface area contributed by atoms with Crippen LogP contribution in [-0.4, -0.2) is 42.3 Å². The van der Waals surface area contributed by atoms with Gasteiger partial charge in [0, 0.05) is 37.3 Å². The van der Waals surface area contributed by atoms with E-state index in [1.165, 1.54) is 0 Å². The first kappa shape index (κ1) is 12.7. The van der Waals surface area contributed by atoms with Gasteiger partial charge in [0.15, 0.2) is 0 Å². The highest BCUT2D eigenvalue weighted by atomic mass is 16.2. The van der Waals surface area contributed by atoms with Crippen molar-refractivity contribution in [3.05, 3.63) is 29.3 Å². The molecule has 104 valence electrons. The van der Waals surface area contributed by atoms with Gasteiger partial charge in [-0.3, -0.25) is 14.4 Å². The van der Waals surface area contributed by atoms with Crippen LogP contribution in [0.2, 0.25) is 0 Å². The summed E-state index contributed by atoms with van der Waals surface area (Å²) >= 11 is 0. The Kier molecular flexibility index (Phi) is 3.14. The molecule has 2 N–H and O–H groups in total. The molecule has 0 atom stereocenters. The number of rotatable bonds is 1. The summed E-state index contributed by atoms with van der Waals surface area (Å²) in [5.41, 5.74) is 2.17. The van der Waals surface area contributed by atoms with E-state index in [1.54, 1.807) is 17.0 Å². The minimum Gasteiger partial charge on any atom is -0.354 e. The number of hydrogen-bond donors (Lipinski definition) is 2. The fraction of sp³-hybridized carbons (Fsp3) is 0.357. The van der Waals surface area contributed by atoms with Gasteiger partial charge >= 0.3 is 0 Å². The molecule has 0 saturated carbocycles. The molecule has 20 heavy (non-hydrogen) atoms. The van der Waals surface area contributed by atoms with Gasteiger partial charge in [-0.1, -0.05) is 6.07 Å². The van der Waals surface area contributed by atoms with Gasteiger partial charge in [-0.25, -0.2) is 0 Å². The molecule has 2 aliphatic heterocycles. The van der Waals surface area contributed by atoms with Crippen molar-refractivity contribution in [1.29, 1.82) is 0 Å². The summed E-state index contributed by atoms with van der Waals surface area (Å²) in [4.78, 5) is 36.7. The van der Waals surface area contributed by atoms with Crippen LogP contribution in [0, 0.1) is 0 Å². The van der Waals surface area contributed by atoms with Crippen LogP contribution in [0.15, 0.2) is 18.2 Å². The van der Waals surface area contributed by atoms with Gasteiger partial charge in [-0.05, 0) is 17.7 Å². The van der Waals surface area contributed by atoms with E-state index >= 15 is 0 Å². The fourth-order valence-electron chi connectivity index (χ4n) is 2.50. The van der Waals surface area contributed by atoms with Crippen LogP contribution in [0.25, 0.3) is 0 Å². The Balaban J connectivity index is 1.79. The summed E-state index contributed by atoms with van der Waals surface area (Å²) in [6.07, 6.45) is 0.694. The number of nitrogens with one attached hydrogen (secondary N) is 2. The Morgan fingerprint density at radius 1 is 1.15 bits per heavy atom. The molecule has 1 saturated heterocycles. The third kappa shape index (κ3) is 2.36. The normalized spacial score (nSPS) is 18.1. The van der Waals surface area contributed by atoms with Gasteiger partial charge in [0.1, 0.15) is 0 Å². The molecule has 2 heterocycles. The molecule has 3 amide bonds. The van der Waals surface area contributed by atoms with Crippen LogP contribution in [0.5, 0.6) is 0 Å². The van der Waals surface area contributed by atoms with Crippen molar-refractivity contribution in [3.63, 3.8) is 0 Å². The van der Waals surface area contributed by atoms with Crippen LogP contribution in [0.3, 0.4) is 0 Å². The van der Waals surface area contributed by atoms with E-state index in [0.29, 0.717) is 43.7 Å². The maximum Gasteiger partial charge on any atom is 0.254 e. The van der Waals surface area contributed by atoms with Crippen LogP contribution < -0.4 is 10.6 Å². The molecule has 0 spiro atoms. The first-order chi connectivity index (χ1) is 9.63. The van der Waals surface area contributed by atoms with E-state index in [1.807, 2.05) is 6.07 Å². The van der Waals surface area contributed by atoms with Crippen molar-refractivity contribution in [2.24, 2.45) is 0 Å². The molecule has 0 radical (unpaired) electrons. The summed E-state index contributed by atoms with van der Waals surface area (Å²) in [6.45, 7) is 1.41. The van der Waals surface area contributed by atoms with Crippen LogP contribution in [0.1, 0.15) is 22.3 Å². The smallest absolute Gasteiger partial charge is 0.254 e. The average Bonchev–Trinajstić information content (AvgIpc) is 2.66. The first-order valence-electron chi connectivity index (χ1n) is 6.62. The van der Waals surface area contributed by atoms with E-state index in [0.717, 1.165) is 5.56 Å². The number of fused-ring (bicyclic) bond motifs is 1. The van der Waals surface area contributed by atoms with Gasteiger partial charge in [-0.2, -0.15) is 0 Å². The molecule has 0 unspecified atom stereocenters. The molecule has 0 bridgehead atoms. The summed E-state index contributed by atoms with van der Waals surface area (Å²) in [5.74, 6) is -0.180. The van der Waals surface area contributed by atoms with Crippen molar-refractivity contribution >= 4 is 23.4 Å². The van der Waals surface area contributed by atoms with E-state index in [9.17, 15) is 14.4 Å². The Morgan fingerprint density at radius 2 is 2.00 bits per heavy atom. The molecule has 1 aromatic rings. The Hall–Kier alpha value is -2.37. The molecule has 0 aliphatic carbocycles. The molecule has 1 fully saturated rings. The maximum atomic E-state index is 12.4. The summed E-state index contributed by atoms with van der Waals surface area (Å²) in [5, 5.41) is 5.48. The predicted octanol–water partition coefficient (Wildman–Crippen LogP) is 0.143. The van der Waals surface area contributed by atoms with Gasteiger partial charge < -0.3 is 15.5 Å². The number of benzene rings is 1. The Morgan fingerprint density at radius 3 is 2.85 bits per heavy atom. The lowest BCUT2D eigenvalue weighted by atomic mass is 10.1. The van der Waals surface area contributed by atoms with Crippen molar-refractivity contribution in [1.82, 2.24) is 10.2 Å². The topological polar surface area (TPSA) is 78.5 Å². The SMILES string of the molecule is O=C1CCN(C(=O)c2ccc3c(c2)NC(=O)C3)CCN1. The zero-order chi connectivity index (χ0) is 14.1. The van der Waals surface area contributed by atoms with Crippen molar-refractivity contribution < 1.29 is 14.4 Å². The van der Waals surface area contributed by atoms with Crippen LogP contribution in [0.4, 0.5) is 5.69 Å². The quantitative estimate of drug-likeness (QED) is 0.764. The number of hydrogen-bond acceptors (Lipinski definition) is 3. The third-order valence-corrected chi connectivity index (χ3v) is 3.58. The van der Waals surface area contributed by atoms with Gasteiger partial charge in [0.25, 0.3) is 5.91 Å². The lowest BCUT2D eigenvalue weighted by Crippen LogP contribution is -2.34. The number of amides is 3. The highest BCUT2D eigenvalue weighted by Gasteiger charge is 2.23. The molecular formula is C14H15N3O3. The lowest BCUT2D eigenvalue weighted by Gasteiger charge is -2.19. The maximum absolute atomic E-state index is 12.4. The number of anilines is 1. The Labute approximate surface area is 116 Å².